The molecule has 1 aliphatic heterocycles. The molecule has 1 heterocycles. The first-order valence-corrected chi connectivity index (χ1v) is 4.79. The molecule has 2 atom stereocenters. The fraction of sp³-hybridized carbons (Fsp3) is 0.889. The molecule has 1 fully saturated rings. The third-order valence-electron chi connectivity index (χ3n) is 2.32. The van der Waals surface area contributed by atoms with Gasteiger partial charge in [0, 0.05) is 19.7 Å². The Balaban J connectivity index is 2.22. The first-order chi connectivity index (χ1) is 6.25. The van der Waals surface area contributed by atoms with Gasteiger partial charge < -0.3 is 15.4 Å². The highest BCUT2D eigenvalue weighted by Crippen LogP contribution is 2.19. The molecule has 0 aliphatic carbocycles. The summed E-state index contributed by atoms with van der Waals surface area (Å²) in [4.78, 5) is 11.5. The Bertz CT molecular complexity index is 173. The molecule has 0 aromatic rings. The quantitative estimate of drug-likeness (QED) is 0.595. The van der Waals surface area contributed by atoms with Gasteiger partial charge in [0.2, 0.25) is 5.91 Å². The van der Waals surface area contributed by atoms with E-state index in [1.807, 2.05) is 7.05 Å². The summed E-state index contributed by atoms with van der Waals surface area (Å²) in [7, 11) is 1.86. The van der Waals surface area contributed by atoms with E-state index in [0.29, 0.717) is 19.1 Å². The van der Waals surface area contributed by atoms with Crippen LogP contribution in [-0.2, 0) is 9.53 Å². The zero-order valence-electron chi connectivity index (χ0n) is 8.30. The predicted octanol–water partition coefficient (Wildman–Crippen LogP) is -0.253. The van der Waals surface area contributed by atoms with Crippen LogP contribution in [0.4, 0.5) is 0 Å². The lowest BCUT2D eigenvalue weighted by atomic mass is 10.0. The SMILES string of the molecule is CNCCNC(=O)C1OCCC1C. The molecule has 1 rings (SSSR count). The van der Waals surface area contributed by atoms with Crippen LogP contribution in [0, 0.1) is 5.92 Å². The van der Waals surface area contributed by atoms with E-state index in [1.165, 1.54) is 0 Å². The van der Waals surface area contributed by atoms with Crippen LogP contribution in [0.15, 0.2) is 0 Å². The van der Waals surface area contributed by atoms with Crippen molar-refractivity contribution in [3.05, 3.63) is 0 Å². The lowest BCUT2D eigenvalue weighted by molar-refractivity contribution is -0.131. The Morgan fingerprint density at radius 3 is 2.85 bits per heavy atom. The normalized spacial score (nSPS) is 27.5. The first-order valence-electron chi connectivity index (χ1n) is 4.79. The van der Waals surface area contributed by atoms with E-state index >= 15 is 0 Å². The first kappa shape index (κ1) is 10.5. The fourth-order valence-electron chi connectivity index (χ4n) is 1.44. The van der Waals surface area contributed by atoms with Crippen LogP contribution in [-0.4, -0.2) is 38.8 Å². The molecule has 2 N–H and O–H groups in total. The maximum absolute atomic E-state index is 11.5. The molecule has 1 amide bonds. The smallest absolute Gasteiger partial charge is 0.249 e. The minimum absolute atomic E-state index is 0.0280. The Hall–Kier alpha value is -0.610. The van der Waals surface area contributed by atoms with Gasteiger partial charge in [-0.2, -0.15) is 0 Å². The minimum Gasteiger partial charge on any atom is -0.368 e. The second kappa shape index (κ2) is 5.19. The third kappa shape index (κ3) is 2.97. The molecule has 4 nitrogen and oxygen atoms in total. The van der Waals surface area contributed by atoms with Crippen molar-refractivity contribution in [3.63, 3.8) is 0 Å². The minimum atomic E-state index is -0.225. The van der Waals surface area contributed by atoms with Gasteiger partial charge in [-0.15, -0.1) is 0 Å². The Kier molecular flexibility index (Phi) is 4.18. The third-order valence-corrected chi connectivity index (χ3v) is 2.32. The van der Waals surface area contributed by atoms with Gasteiger partial charge in [-0.25, -0.2) is 0 Å². The number of ether oxygens (including phenoxy) is 1. The van der Waals surface area contributed by atoms with Crippen LogP contribution >= 0.6 is 0 Å². The maximum Gasteiger partial charge on any atom is 0.249 e. The molecule has 2 unspecified atom stereocenters. The summed E-state index contributed by atoms with van der Waals surface area (Å²) in [6.07, 6.45) is 0.765. The van der Waals surface area contributed by atoms with Crippen molar-refractivity contribution >= 4 is 5.91 Å². The van der Waals surface area contributed by atoms with Gasteiger partial charge in [0.25, 0.3) is 0 Å². The summed E-state index contributed by atoms with van der Waals surface area (Å²) >= 11 is 0. The van der Waals surface area contributed by atoms with E-state index < -0.39 is 0 Å². The molecule has 4 heteroatoms. The molecule has 0 spiro atoms. The number of carbonyl (C=O) groups is 1. The number of amides is 1. The van der Waals surface area contributed by atoms with Gasteiger partial charge in [0.15, 0.2) is 0 Å². The average molecular weight is 186 g/mol. The van der Waals surface area contributed by atoms with E-state index in [-0.39, 0.29) is 12.0 Å². The maximum atomic E-state index is 11.5. The summed E-state index contributed by atoms with van der Waals surface area (Å²) in [6, 6.07) is 0. The van der Waals surface area contributed by atoms with Crippen molar-refractivity contribution in [3.8, 4) is 0 Å². The Morgan fingerprint density at radius 2 is 2.31 bits per heavy atom. The van der Waals surface area contributed by atoms with Gasteiger partial charge >= 0.3 is 0 Å². The van der Waals surface area contributed by atoms with Crippen molar-refractivity contribution in [1.29, 1.82) is 0 Å². The molecule has 76 valence electrons. The van der Waals surface area contributed by atoms with Crippen molar-refractivity contribution in [2.45, 2.75) is 19.4 Å². The van der Waals surface area contributed by atoms with Gasteiger partial charge in [0.05, 0.1) is 0 Å². The van der Waals surface area contributed by atoms with Gasteiger partial charge in [-0.05, 0) is 19.4 Å². The van der Waals surface area contributed by atoms with Crippen LogP contribution in [0.25, 0.3) is 0 Å². The van der Waals surface area contributed by atoms with Crippen molar-refractivity contribution in [2.24, 2.45) is 5.92 Å². The number of hydrogen-bond donors (Lipinski definition) is 2. The van der Waals surface area contributed by atoms with E-state index in [4.69, 9.17) is 4.74 Å². The van der Waals surface area contributed by atoms with Crippen LogP contribution in [0.2, 0.25) is 0 Å². The zero-order valence-corrected chi connectivity index (χ0v) is 8.30. The van der Waals surface area contributed by atoms with Gasteiger partial charge in [-0.1, -0.05) is 6.92 Å². The van der Waals surface area contributed by atoms with E-state index in [2.05, 4.69) is 17.6 Å². The molecule has 1 aliphatic rings. The number of nitrogens with one attached hydrogen (secondary N) is 2. The van der Waals surface area contributed by atoms with Crippen LogP contribution in [0.3, 0.4) is 0 Å². The number of carbonyl (C=O) groups excluding carboxylic acids is 1. The number of hydrogen-bond acceptors (Lipinski definition) is 3. The molecule has 0 saturated carbocycles. The highest BCUT2D eigenvalue weighted by atomic mass is 16.5. The molecule has 0 radical (unpaired) electrons. The molecule has 0 bridgehead atoms. The fourth-order valence-corrected chi connectivity index (χ4v) is 1.44. The standard InChI is InChI=1S/C9H18N2O2/c1-7-3-6-13-8(7)9(12)11-5-4-10-2/h7-8,10H,3-6H2,1-2H3,(H,11,12). The molecule has 13 heavy (non-hydrogen) atoms. The van der Waals surface area contributed by atoms with E-state index in [1.54, 1.807) is 0 Å². The van der Waals surface area contributed by atoms with Crippen LogP contribution in [0.5, 0.6) is 0 Å². The van der Waals surface area contributed by atoms with Gasteiger partial charge in [0.1, 0.15) is 6.10 Å². The summed E-state index contributed by atoms with van der Waals surface area (Å²) in [5, 5.41) is 5.80. The second-order valence-electron chi connectivity index (χ2n) is 3.45. The summed E-state index contributed by atoms with van der Waals surface area (Å²) in [6.45, 7) is 4.23. The zero-order chi connectivity index (χ0) is 9.68. The largest absolute Gasteiger partial charge is 0.368 e. The monoisotopic (exact) mass is 186 g/mol. The van der Waals surface area contributed by atoms with Gasteiger partial charge in [-0.3, -0.25) is 4.79 Å². The van der Waals surface area contributed by atoms with Crippen molar-refractivity contribution in [2.75, 3.05) is 26.7 Å². The number of likely N-dealkylation sites (N-methyl/N-ethyl adjacent to an activating group) is 1. The number of rotatable bonds is 4. The highest BCUT2D eigenvalue weighted by molar-refractivity contribution is 5.81. The van der Waals surface area contributed by atoms with Crippen LogP contribution in [0.1, 0.15) is 13.3 Å². The molecule has 0 aromatic heterocycles. The lowest BCUT2D eigenvalue weighted by Gasteiger charge is -2.14. The van der Waals surface area contributed by atoms with Crippen molar-refractivity contribution < 1.29 is 9.53 Å². The van der Waals surface area contributed by atoms with Crippen LogP contribution < -0.4 is 10.6 Å². The summed E-state index contributed by atoms with van der Waals surface area (Å²) in [5.74, 6) is 0.384. The lowest BCUT2D eigenvalue weighted by Crippen LogP contribution is -2.39. The highest BCUT2D eigenvalue weighted by Gasteiger charge is 2.30. The topological polar surface area (TPSA) is 50.4 Å². The molecular formula is C9H18N2O2. The predicted molar refractivity (Wildman–Crippen MR) is 50.5 cm³/mol. The molecular weight excluding hydrogens is 168 g/mol. The Labute approximate surface area is 79.0 Å². The average Bonchev–Trinajstić information content (AvgIpc) is 2.52. The summed E-state index contributed by atoms with van der Waals surface area (Å²) in [5.41, 5.74) is 0. The second-order valence-corrected chi connectivity index (χ2v) is 3.45. The van der Waals surface area contributed by atoms with Crippen molar-refractivity contribution in [1.82, 2.24) is 10.6 Å². The van der Waals surface area contributed by atoms with E-state index in [0.717, 1.165) is 13.0 Å². The molecule has 0 aromatic carbocycles. The summed E-state index contributed by atoms with van der Waals surface area (Å²) < 4.78 is 5.33. The Morgan fingerprint density at radius 1 is 1.54 bits per heavy atom. The molecule has 1 saturated heterocycles. The van der Waals surface area contributed by atoms with E-state index in [9.17, 15) is 4.79 Å².